The second kappa shape index (κ2) is 21.2. The molecule has 0 aromatic heterocycles. The van der Waals surface area contributed by atoms with E-state index in [0.717, 1.165) is 12.5 Å². The van der Waals surface area contributed by atoms with E-state index in [9.17, 15) is 4.79 Å². The molecule has 0 aliphatic rings. The summed E-state index contributed by atoms with van der Waals surface area (Å²) in [6, 6.07) is 0. The van der Waals surface area contributed by atoms with Crippen LogP contribution in [0.4, 0.5) is 0 Å². The van der Waals surface area contributed by atoms with Crippen LogP contribution in [0.1, 0.15) is 58.3 Å². The van der Waals surface area contributed by atoms with Crippen LogP contribution in [0.25, 0.3) is 0 Å². The maximum absolute atomic E-state index is 10.2. The van der Waals surface area contributed by atoms with Crippen molar-refractivity contribution in [1.82, 2.24) is 0 Å². The molecule has 0 bridgehead atoms. The molecule has 0 aromatic carbocycles. The molecule has 0 aliphatic carbocycles. The fourth-order valence-corrected chi connectivity index (χ4v) is 1.92. The van der Waals surface area contributed by atoms with Crippen LogP contribution in [0.2, 0.25) is 0 Å². The predicted molar refractivity (Wildman–Crippen MR) is 102 cm³/mol. The molecule has 2 nitrogen and oxygen atoms in total. The average molecular weight is 325 g/mol. The Bertz CT molecular complexity index is 404. The van der Waals surface area contributed by atoms with Crippen LogP contribution in [0, 0.1) is 0 Å². The standard InChI is InChI=1S/C20H30O2.Na/c1-2-3-4-5-6-7-8-9-10-11-12-13-14-15-16-17-18-19-20(21)22;/h10-19H,2-9H2,1H3,(H,21,22);. The second-order valence-electron chi connectivity index (χ2n) is 5.19. The zero-order chi connectivity index (χ0) is 16.3. The number of aliphatic carboxylic acids is 1. The summed E-state index contributed by atoms with van der Waals surface area (Å²) in [5.74, 6) is -0.931. The molecule has 3 heteroatoms. The summed E-state index contributed by atoms with van der Waals surface area (Å²) in [4.78, 5) is 10.2. The van der Waals surface area contributed by atoms with Crippen molar-refractivity contribution in [3.8, 4) is 0 Å². The van der Waals surface area contributed by atoms with Crippen molar-refractivity contribution >= 4 is 35.5 Å². The topological polar surface area (TPSA) is 37.3 Å². The van der Waals surface area contributed by atoms with Crippen molar-refractivity contribution in [3.05, 3.63) is 60.8 Å². The van der Waals surface area contributed by atoms with Crippen LogP contribution in [0.3, 0.4) is 0 Å². The molecule has 0 atom stereocenters. The first kappa shape index (κ1) is 24.4. The number of rotatable bonds is 13. The van der Waals surface area contributed by atoms with E-state index in [-0.39, 0.29) is 29.6 Å². The molecule has 0 unspecified atom stereocenters. The zero-order valence-electron chi connectivity index (χ0n) is 14.8. The third-order valence-electron chi connectivity index (χ3n) is 3.13. The second-order valence-corrected chi connectivity index (χ2v) is 5.19. The Morgan fingerprint density at radius 3 is 1.78 bits per heavy atom. The smallest absolute Gasteiger partial charge is 0.328 e. The summed E-state index contributed by atoms with van der Waals surface area (Å²) in [7, 11) is 0. The summed E-state index contributed by atoms with van der Waals surface area (Å²) in [6.45, 7) is 2.25. The molecule has 0 saturated carbocycles. The van der Waals surface area contributed by atoms with Crippen molar-refractivity contribution in [1.29, 1.82) is 0 Å². The van der Waals surface area contributed by atoms with Gasteiger partial charge in [0.25, 0.3) is 0 Å². The number of hydrogen-bond acceptors (Lipinski definition) is 1. The normalized spacial score (nSPS) is 12.2. The zero-order valence-corrected chi connectivity index (χ0v) is 16.8. The molecule has 0 heterocycles. The third kappa shape index (κ3) is 23.6. The Kier molecular flexibility index (Phi) is 22.5. The fraction of sp³-hybridized carbons (Fsp3) is 0.450. The summed E-state index contributed by atoms with van der Waals surface area (Å²) in [5, 5.41) is 8.38. The number of carboxylic acids is 1. The van der Waals surface area contributed by atoms with Gasteiger partial charge in [0, 0.05) is 35.6 Å². The maximum atomic E-state index is 10.2. The van der Waals surface area contributed by atoms with E-state index in [1.54, 1.807) is 12.2 Å². The van der Waals surface area contributed by atoms with Gasteiger partial charge in [-0.25, -0.2) is 4.79 Å². The molecule has 23 heavy (non-hydrogen) atoms. The van der Waals surface area contributed by atoms with Gasteiger partial charge in [0.2, 0.25) is 0 Å². The Morgan fingerprint density at radius 1 is 0.739 bits per heavy atom. The first-order valence-electron chi connectivity index (χ1n) is 8.33. The van der Waals surface area contributed by atoms with Crippen molar-refractivity contribution in [2.45, 2.75) is 58.3 Å². The summed E-state index contributed by atoms with van der Waals surface area (Å²) >= 11 is 0. The van der Waals surface area contributed by atoms with E-state index in [1.807, 2.05) is 24.3 Å². The molecule has 0 rings (SSSR count). The van der Waals surface area contributed by atoms with E-state index in [0.29, 0.717) is 0 Å². The number of carboxylic acid groups (broad SMARTS) is 1. The number of hydrogen-bond donors (Lipinski definition) is 1. The Labute approximate surface area is 164 Å². The summed E-state index contributed by atoms with van der Waals surface area (Å²) < 4.78 is 0. The van der Waals surface area contributed by atoms with Crippen LogP contribution in [-0.2, 0) is 4.79 Å². The molecular formula is C20H30NaO2. The Hall–Kier alpha value is -0.830. The average Bonchev–Trinajstić information content (AvgIpc) is 2.50. The van der Waals surface area contributed by atoms with Crippen molar-refractivity contribution in [2.24, 2.45) is 0 Å². The molecule has 1 radical (unpaired) electrons. The first-order chi connectivity index (χ1) is 10.8. The van der Waals surface area contributed by atoms with Gasteiger partial charge in [-0.3, -0.25) is 0 Å². The quantitative estimate of drug-likeness (QED) is 0.207. The summed E-state index contributed by atoms with van der Waals surface area (Å²) in [6.07, 6.45) is 28.8. The van der Waals surface area contributed by atoms with Gasteiger partial charge in [0.15, 0.2) is 0 Å². The van der Waals surface area contributed by atoms with Crippen LogP contribution in [-0.4, -0.2) is 40.6 Å². The molecule has 0 aliphatic heterocycles. The number of carbonyl (C=O) groups is 1. The van der Waals surface area contributed by atoms with Gasteiger partial charge >= 0.3 is 5.97 Å². The van der Waals surface area contributed by atoms with Crippen molar-refractivity contribution < 1.29 is 9.90 Å². The van der Waals surface area contributed by atoms with E-state index in [2.05, 4.69) is 19.1 Å². The Balaban J connectivity index is 0. The van der Waals surface area contributed by atoms with Crippen molar-refractivity contribution in [3.63, 3.8) is 0 Å². The van der Waals surface area contributed by atoms with E-state index in [4.69, 9.17) is 5.11 Å². The van der Waals surface area contributed by atoms with Crippen LogP contribution in [0.5, 0.6) is 0 Å². The molecule has 0 fully saturated rings. The minimum Gasteiger partial charge on any atom is -0.478 e. The number of allylic oxidation sites excluding steroid dienone is 9. The molecule has 0 aromatic rings. The predicted octanol–water partition coefficient (Wildman–Crippen LogP) is 5.61. The van der Waals surface area contributed by atoms with Gasteiger partial charge in [0.1, 0.15) is 0 Å². The Morgan fingerprint density at radius 2 is 1.22 bits per heavy atom. The van der Waals surface area contributed by atoms with Crippen molar-refractivity contribution in [2.75, 3.05) is 0 Å². The molecule has 1 N–H and O–H groups in total. The van der Waals surface area contributed by atoms with Gasteiger partial charge in [-0.1, -0.05) is 100 Å². The molecule has 0 amide bonds. The van der Waals surface area contributed by atoms with Crippen LogP contribution in [0.15, 0.2) is 60.8 Å². The first-order valence-corrected chi connectivity index (χ1v) is 8.33. The van der Waals surface area contributed by atoms with Crippen LogP contribution < -0.4 is 0 Å². The SMILES string of the molecule is CCCCCCCCCC=CC=CC=CC=CC=CC(=O)O.[Na]. The van der Waals surface area contributed by atoms with Gasteiger partial charge in [0.05, 0.1) is 0 Å². The van der Waals surface area contributed by atoms with Crippen LogP contribution >= 0.6 is 0 Å². The minimum absolute atomic E-state index is 0. The number of unbranched alkanes of at least 4 members (excludes halogenated alkanes) is 7. The molecule has 0 spiro atoms. The van der Waals surface area contributed by atoms with E-state index < -0.39 is 5.97 Å². The third-order valence-corrected chi connectivity index (χ3v) is 3.13. The monoisotopic (exact) mass is 325 g/mol. The largest absolute Gasteiger partial charge is 0.478 e. The van der Waals surface area contributed by atoms with Gasteiger partial charge in [-0.2, -0.15) is 0 Å². The minimum atomic E-state index is -0.931. The molecule has 123 valence electrons. The fourth-order valence-electron chi connectivity index (χ4n) is 1.92. The van der Waals surface area contributed by atoms with Gasteiger partial charge in [-0.05, 0) is 12.8 Å². The molecular weight excluding hydrogens is 295 g/mol. The van der Waals surface area contributed by atoms with Gasteiger partial charge in [-0.15, -0.1) is 0 Å². The maximum Gasteiger partial charge on any atom is 0.328 e. The summed E-state index contributed by atoms with van der Waals surface area (Å²) in [5.41, 5.74) is 0. The molecule has 0 saturated heterocycles. The van der Waals surface area contributed by atoms with Gasteiger partial charge < -0.3 is 5.11 Å². The van der Waals surface area contributed by atoms with E-state index >= 15 is 0 Å². The van der Waals surface area contributed by atoms with E-state index in [1.165, 1.54) is 51.0 Å².